The molecule has 0 unspecified atom stereocenters. The summed E-state index contributed by atoms with van der Waals surface area (Å²) >= 11 is 0. The van der Waals surface area contributed by atoms with E-state index in [4.69, 9.17) is 8.83 Å². The van der Waals surface area contributed by atoms with E-state index in [0.29, 0.717) is 0 Å². The molecule has 0 saturated heterocycles. The van der Waals surface area contributed by atoms with Crippen LogP contribution < -0.4 is 4.90 Å². The number of anilines is 3. The number of para-hydroxylation sites is 2. The summed E-state index contributed by atoms with van der Waals surface area (Å²) < 4.78 is 14.1. The van der Waals surface area contributed by atoms with Gasteiger partial charge in [0.25, 0.3) is 0 Å². The Hall–Kier alpha value is -9.18. The van der Waals surface area contributed by atoms with Crippen LogP contribution in [0.3, 0.4) is 0 Å². The molecule has 0 amide bonds. The average Bonchev–Trinajstić information content (AvgIpc) is 4.19. The van der Waals surface area contributed by atoms with E-state index in [9.17, 15) is 0 Å². The molecule has 3 heteroatoms. The molecule has 0 bridgehead atoms. The number of hydrogen-bond donors (Lipinski definition) is 0. The van der Waals surface area contributed by atoms with Crippen LogP contribution in [0.4, 0.5) is 17.1 Å². The highest BCUT2D eigenvalue weighted by Gasteiger charge is 2.49. The number of furan rings is 2. The third-order valence-electron chi connectivity index (χ3n) is 16.2. The van der Waals surface area contributed by atoms with E-state index >= 15 is 0 Å². The van der Waals surface area contributed by atoms with Crippen LogP contribution in [0, 0.1) is 0 Å². The molecule has 2 aromatic heterocycles. The maximum absolute atomic E-state index is 7.39. The fraction of sp³-hybridized carbons (Fsp3) is 0.0571. The minimum Gasteiger partial charge on any atom is -0.456 e. The number of benzene rings is 11. The topological polar surface area (TPSA) is 29.5 Å². The van der Waals surface area contributed by atoms with Gasteiger partial charge >= 0.3 is 0 Å². The van der Waals surface area contributed by atoms with E-state index < -0.39 is 5.41 Å². The molecule has 15 rings (SSSR count). The summed E-state index contributed by atoms with van der Waals surface area (Å²) in [7, 11) is 0. The van der Waals surface area contributed by atoms with Crippen molar-refractivity contribution in [3.63, 3.8) is 0 Å². The maximum Gasteiger partial charge on any atom is 0.145 e. The largest absolute Gasteiger partial charge is 0.456 e. The van der Waals surface area contributed by atoms with Crippen LogP contribution in [-0.4, -0.2) is 0 Å². The Balaban J connectivity index is 1.02. The number of nitrogens with zero attached hydrogens (tertiary/aromatic N) is 1. The lowest BCUT2D eigenvalue weighted by molar-refractivity contribution is 0.660. The highest BCUT2D eigenvalue weighted by atomic mass is 16.3. The second kappa shape index (κ2) is 15.7. The molecule has 0 saturated carbocycles. The van der Waals surface area contributed by atoms with Crippen LogP contribution in [0.5, 0.6) is 0 Å². The summed E-state index contributed by atoms with van der Waals surface area (Å²) in [6.07, 6.45) is 0. The van der Waals surface area contributed by atoms with E-state index in [-0.39, 0.29) is 5.41 Å². The van der Waals surface area contributed by atoms with Crippen molar-refractivity contribution in [2.75, 3.05) is 4.90 Å². The Morgan fingerprint density at radius 3 is 1.53 bits per heavy atom. The average molecular weight is 934 g/mol. The highest BCUT2D eigenvalue weighted by molar-refractivity contribution is 6.24. The Bertz CT molecular complexity index is 4280. The molecule has 2 aliphatic rings. The van der Waals surface area contributed by atoms with Crippen molar-refractivity contribution >= 4 is 60.9 Å². The minimum absolute atomic E-state index is 0.0955. The van der Waals surface area contributed by atoms with E-state index in [1.807, 2.05) is 0 Å². The van der Waals surface area contributed by atoms with Gasteiger partial charge in [-0.05, 0) is 121 Å². The first-order valence-electron chi connectivity index (χ1n) is 25.3. The molecular formula is C70H47NO2. The van der Waals surface area contributed by atoms with Crippen molar-refractivity contribution in [1.82, 2.24) is 0 Å². The summed E-state index contributed by atoms with van der Waals surface area (Å²) in [5, 5.41) is 4.29. The van der Waals surface area contributed by atoms with Crippen molar-refractivity contribution in [3.05, 3.63) is 282 Å². The zero-order chi connectivity index (χ0) is 48.4. The molecule has 13 aromatic rings. The maximum atomic E-state index is 7.39. The second-order valence-corrected chi connectivity index (χ2v) is 20.3. The minimum atomic E-state index is -0.741. The first kappa shape index (κ1) is 41.6. The normalized spacial score (nSPS) is 13.8. The quantitative estimate of drug-likeness (QED) is 0.159. The molecule has 73 heavy (non-hydrogen) atoms. The predicted octanol–water partition coefficient (Wildman–Crippen LogP) is 19.0. The lowest BCUT2D eigenvalue weighted by Gasteiger charge is -2.35. The Morgan fingerprint density at radius 1 is 0.342 bits per heavy atom. The Kier molecular flexibility index (Phi) is 8.92. The predicted molar refractivity (Wildman–Crippen MR) is 301 cm³/mol. The van der Waals surface area contributed by atoms with Crippen molar-refractivity contribution in [3.8, 4) is 44.5 Å². The van der Waals surface area contributed by atoms with E-state index in [1.54, 1.807) is 0 Å². The van der Waals surface area contributed by atoms with Crippen molar-refractivity contribution < 1.29 is 8.83 Å². The molecule has 0 spiro atoms. The van der Waals surface area contributed by atoms with Gasteiger partial charge in [-0.2, -0.15) is 0 Å². The van der Waals surface area contributed by atoms with E-state index in [1.165, 1.54) is 55.6 Å². The Morgan fingerprint density at radius 2 is 0.863 bits per heavy atom. The highest BCUT2D eigenvalue weighted by Crippen LogP contribution is 2.63. The lowest BCUT2D eigenvalue weighted by Crippen LogP contribution is -2.28. The monoisotopic (exact) mass is 933 g/mol. The third-order valence-corrected chi connectivity index (χ3v) is 16.2. The molecule has 2 aliphatic carbocycles. The van der Waals surface area contributed by atoms with Crippen LogP contribution in [0.2, 0.25) is 0 Å². The fourth-order valence-corrected chi connectivity index (χ4v) is 12.8. The Labute approximate surface area is 423 Å². The molecule has 11 aromatic carbocycles. The van der Waals surface area contributed by atoms with Gasteiger partial charge in [0.2, 0.25) is 0 Å². The molecule has 0 N–H and O–H groups in total. The SMILES string of the molecule is CC1(C)c2ccccc2-c2ccc(-c3ccc(N(c4ccc(-c5ccccc5)cc4)c4cc5c(c6oc7ccccc7c46)-c4c(ccc6oc7ccccc7c46)C5(c4ccccc4)c4ccccc4)cc3)cc21. The summed E-state index contributed by atoms with van der Waals surface area (Å²) in [4.78, 5) is 2.46. The van der Waals surface area contributed by atoms with Crippen molar-refractivity contribution in [2.45, 2.75) is 24.7 Å². The van der Waals surface area contributed by atoms with Gasteiger partial charge in [-0.15, -0.1) is 0 Å². The lowest BCUT2D eigenvalue weighted by atomic mass is 9.67. The summed E-state index contributed by atoms with van der Waals surface area (Å²) in [5.74, 6) is 0. The molecule has 0 aliphatic heterocycles. The van der Waals surface area contributed by atoms with Gasteiger partial charge in [0, 0.05) is 44.1 Å². The van der Waals surface area contributed by atoms with E-state index in [0.717, 1.165) is 83.2 Å². The number of fused-ring (bicyclic) bond motifs is 14. The number of rotatable bonds is 7. The number of hydrogen-bond acceptors (Lipinski definition) is 3. The van der Waals surface area contributed by atoms with Gasteiger partial charge in [-0.3, -0.25) is 0 Å². The van der Waals surface area contributed by atoms with Gasteiger partial charge in [0.05, 0.1) is 16.5 Å². The van der Waals surface area contributed by atoms with Crippen molar-refractivity contribution in [1.29, 1.82) is 0 Å². The first-order chi connectivity index (χ1) is 36.0. The van der Waals surface area contributed by atoms with Crippen LogP contribution in [-0.2, 0) is 10.8 Å². The third kappa shape index (κ3) is 5.94. The first-order valence-corrected chi connectivity index (χ1v) is 25.3. The van der Waals surface area contributed by atoms with Crippen LogP contribution >= 0.6 is 0 Å². The van der Waals surface area contributed by atoms with Gasteiger partial charge < -0.3 is 13.7 Å². The van der Waals surface area contributed by atoms with Crippen molar-refractivity contribution in [2.24, 2.45) is 0 Å². The molecule has 0 radical (unpaired) electrons. The summed E-state index contributed by atoms with van der Waals surface area (Å²) in [6.45, 7) is 4.70. The molecule has 0 atom stereocenters. The molecular weight excluding hydrogens is 887 g/mol. The van der Waals surface area contributed by atoms with Crippen LogP contribution in [0.15, 0.2) is 258 Å². The summed E-state index contributed by atoms with van der Waals surface area (Å²) in [5.41, 5.74) is 22.8. The fourth-order valence-electron chi connectivity index (χ4n) is 12.8. The molecule has 3 nitrogen and oxygen atoms in total. The molecule has 2 heterocycles. The zero-order valence-electron chi connectivity index (χ0n) is 40.4. The van der Waals surface area contributed by atoms with Gasteiger partial charge in [-0.1, -0.05) is 208 Å². The van der Waals surface area contributed by atoms with Crippen LogP contribution in [0.25, 0.3) is 88.4 Å². The van der Waals surface area contributed by atoms with Crippen LogP contribution in [0.1, 0.15) is 47.2 Å². The standard InChI is InChI=1S/C70H47NO2/c1-69(2)56-27-15-12-24-52(56)53-39-34-47(42-58(53)69)46-32-37-51(38-33-46)71(50-35-30-45(31-36-50)44-18-6-3-7-19-44)60-43-59-67(68-64(60)54-25-13-17-29-62(54)73-68)66-57(40-41-63-65(66)55-26-14-16-28-61(55)72-63)70(59,48-20-8-4-9-21-48)49-22-10-5-11-23-49/h3-43H,1-2H3. The zero-order valence-corrected chi connectivity index (χ0v) is 40.4. The van der Waals surface area contributed by atoms with Gasteiger partial charge in [0.1, 0.15) is 22.3 Å². The van der Waals surface area contributed by atoms with Gasteiger partial charge in [-0.25, -0.2) is 0 Å². The summed E-state index contributed by atoms with van der Waals surface area (Å²) in [6, 6.07) is 90.9. The second-order valence-electron chi connectivity index (χ2n) is 20.3. The van der Waals surface area contributed by atoms with E-state index in [2.05, 4.69) is 267 Å². The van der Waals surface area contributed by atoms with Gasteiger partial charge in [0.15, 0.2) is 0 Å². The molecule has 344 valence electrons. The molecule has 0 fully saturated rings. The smallest absolute Gasteiger partial charge is 0.145 e.